The third-order valence-electron chi connectivity index (χ3n) is 4.79. The fourth-order valence-corrected chi connectivity index (χ4v) is 3.37. The quantitative estimate of drug-likeness (QED) is 0.828. The van der Waals surface area contributed by atoms with Crippen LogP contribution in [0, 0.1) is 5.92 Å². The van der Waals surface area contributed by atoms with E-state index in [1.54, 1.807) is 11.9 Å². The Morgan fingerprint density at radius 3 is 2.35 bits per heavy atom. The van der Waals surface area contributed by atoms with Gasteiger partial charge in [0.05, 0.1) is 0 Å². The Bertz CT molecular complexity index is 582. The van der Waals surface area contributed by atoms with Crippen LogP contribution in [0.25, 0.3) is 0 Å². The minimum absolute atomic E-state index is 0.0781. The highest BCUT2D eigenvalue weighted by Crippen LogP contribution is 2.23. The number of carbonyl (C=O) groups is 2. The Labute approximate surface area is 141 Å². The number of amides is 2. The lowest BCUT2D eigenvalue weighted by Crippen LogP contribution is -2.52. The molecule has 0 N–H and O–H groups in total. The highest BCUT2D eigenvalue weighted by atomic mass is 35.5. The zero-order valence-electron chi connectivity index (χ0n) is 13.4. The van der Waals surface area contributed by atoms with E-state index in [-0.39, 0.29) is 17.7 Å². The summed E-state index contributed by atoms with van der Waals surface area (Å²) in [4.78, 5) is 30.3. The third-order valence-corrected chi connectivity index (χ3v) is 5.04. The Morgan fingerprint density at radius 2 is 1.74 bits per heavy atom. The van der Waals surface area contributed by atoms with E-state index in [2.05, 4.69) is 4.90 Å². The smallest absolute Gasteiger partial charge is 0.226 e. The fourth-order valence-electron chi connectivity index (χ4n) is 3.25. The Kier molecular flexibility index (Phi) is 4.76. The highest BCUT2D eigenvalue weighted by Gasteiger charge is 2.32. The molecule has 2 amide bonds. The van der Waals surface area contributed by atoms with E-state index < -0.39 is 0 Å². The maximum absolute atomic E-state index is 12.6. The third kappa shape index (κ3) is 3.61. The van der Waals surface area contributed by atoms with Gasteiger partial charge in [0, 0.05) is 62.8 Å². The second-order valence-corrected chi connectivity index (χ2v) is 6.73. The summed E-state index contributed by atoms with van der Waals surface area (Å²) in [5.74, 6) is 0.0809. The molecular weight excluding hydrogens is 314 g/mol. The monoisotopic (exact) mass is 335 g/mol. The summed E-state index contributed by atoms with van der Waals surface area (Å²) >= 11 is 5.92. The molecule has 2 heterocycles. The van der Waals surface area contributed by atoms with E-state index in [1.807, 2.05) is 29.2 Å². The van der Waals surface area contributed by atoms with Crippen molar-refractivity contribution in [2.24, 2.45) is 5.92 Å². The van der Waals surface area contributed by atoms with Crippen molar-refractivity contribution in [1.29, 1.82) is 0 Å². The molecule has 0 radical (unpaired) electrons. The molecule has 0 saturated carbocycles. The first kappa shape index (κ1) is 16.1. The number of benzene rings is 1. The van der Waals surface area contributed by atoms with Crippen LogP contribution in [0.5, 0.6) is 0 Å². The van der Waals surface area contributed by atoms with E-state index in [1.165, 1.54) is 0 Å². The molecule has 0 spiro atoms. The van der Waals surface area contributed by atoms with E-state index >= 15 is 0 Å². The van der Waals surface area contributed by atoms with Crippen molar-refractivity contribution in [3.8, 4) is 0 Å². The molecule has 0 aliphatic carbocycles. The molecule has 2 saturated heterocycles. The number of rotatable bonds is 2. The van der Waals surface area contributed by atoms with Crippen LogP contribution in [0.2, 0.25) is 5.02 Å². The molecule has 6 heteroatoms. The van der Waals surface area contributed by atoms with Gasteiger partial charge in [-0.1, -0.05) is 11.6 Å². The van der Waals surface area contributed by atoms with Gasteiger partial charge in [-0.15, -0.1) is 0 Å². The molecule has 3 rings (SSSR count). The van der Waals surface area contributed by atoms with Gasteiger partial charge in [-0.3, -0.25) is 9.59 Å². The molecule has 124 valence electrons. The van der Waals surface area contributed by atoms with Crippen LogP contribution in [0.3, 0.4) is 0 Å². The summed E-state index contributed by atoms with van der Waals surface area (Å²) in [6.45, 7) is 3.73. The van der Waals surface area contributed by atoms with Crippen LogP contribution >= 0.6 is 11.6 Å². The van der Waals surface area contributed by atoms with Crippen molar-refractivity contribution in [3.63, 3.8) is 0 Å². The minimum Gasteiger partial charge on any atom is -0.368 e. The minimum atomic E-state index is -0.138. The lowest BCUT2D eigenvalue weighted by Gasteiger charge is -2.38. The number of hydrogen-bond acceptors (Lipinski definition) is 3. The van der Waals surface area contributed by atoms with E-state index in [0.717, 1.165) is 30.2 Å². The van der Waals surface area contributed by atoms with Gasteiger partial charge < -0.3 is 14.7 Å². The summed E-state index contributed by atoms with van der Waals surface area (Å²) in [6.07, 6.45) is 1.13. The maximum atomic E-state index is 12.6. The summed E-state index contributed by atoms with van der Waals surface area (Å²) in [6, 6.07) is 7.79. The summed E-state index contributed by atoms with van der Waals surface area (Å²) in [5, 5.41) is 0.731. The normalized spacial score (nSPS) is 22.4. The van der Waals surface area contributed by atoms with Crippen LogP contribution in [-0.2, 0) is 9.59 Å². The molecule has 0 bridgehead atoms. The van der Waals surface area contributed by atoms with Crippen molar-refractivity contribution in [2.45, 2.75) is 12.8 Å². The van der Waals surface area contributed by atoms with Crippen molar-refractivity contribution in [1.82, 2.24) is 9.80 Å². The van der Waals surface area contributed by atoms with Crippen molar-refractivity contribution < 1.29 is 9.59 Å². The fraction of sp³-hybridized carbons (Fsp3) is 0.529. The summed E-state index contributed by atoms with van der Waals surface area (Å²) in [5.41, 5.74) is 1.14. The van der Waals surface area contributed by atoms with Gasteiger partial charge in [0.1, 0.15) is 0 Å². The van der Waals surface area contributed by atoms with Crippen LogP contribution < -0.4 is 4.90 Å². The predicted octanol–water partition coefficient (Wildman–Crippen LogP) is 1.86. The maximum Gasteiger partial charge on any atom is 0.226 e. The van der Waals surface area contributed by atoms with Crippen LogP contribution in [-0.4, -0.2) is 61.4 Å². The molecule has 2 fully saturated rings. The standard InChI is InChI=1S/C17H22ClN3O2/c1-19-7-6-13(12-16(19)22)17(23)21-10-8-20(9-11-21)15-4-2-14(18)3-5-15/h2-5,13H,6-12H2,1H3/t13-/m0/s1. The molecule has 2 aliphatic rings. The molecule has 2 aliphatic heterocycles. The second kappa shape index (κ2) is 6.79. The number of piperidine rings is 1. The Morgan fingerprint density at radius 1 is 1.09 bits per heavy atom. The summed E-state index contributed by atoms with van der Waals surface area (Å²) in [7, 11) is 1.80. The first-order valence-electron chi connectivity index (χ1n) is 8.08. The number of anilines is 1. The van der Waals surface area contributed by atoms with Crippen molar-refractivity contribution in [2.75, 3.05) is 44.7 Å². The molecule has 0 unspecified atom stereocenters. The first-order valence-corrected chi connectivity index (χ1v) is 8.45. The van der Waals surface area contributed by atoms with Crippen LogP contribution in [0.4, 0.5) is 5.69 Å². The Hall–Kier alpha value is -1.75. The van der Waals surface area contributed by atoms with Crippen molar-refractivity contribution in [3.05, 3.63) is 29.3 Å². The van der Waals surface area contributed by atoms with Gasteiger partial charge in [0.15, 0.2) is 0 Å². The molecule has 1 aromatic rings. The van der Waals surface area contributed by atoms with Gasteiger partial charge >= 0.3 is 0 Å². The molecule has 5 nitrogen and oxygen atoms in total. The molecule has 0 aromatic heterocycles. The van der Waals surface area contributed by atoms with E-state index in [9.17, 15) is 9.59 Å². The van der Waals surface area contributed by atoms with E-state index in [0.29, 0.717) is 26.1 Å². The number of likely N-dealkylation sites (tertiary alicyclic amines) is 1. The first-order chi connectivity index (χ1) is 11.0. The lowest BCUT2D eigenvalue weighted by atomic mass is 9.94. The predicted molar refractivity (Wildman–Crippen MR) is 90.6 cm³/mol. The highest BCUT2D eigenvalue weighted by molar-refractivity contribution is 6.30. The van der Waals surface area contributed by atoms with Crippen LogP contribution in [0.15, 0.2) is 24.3 Å². The average molecular weight is 336 g/mol. The average Bonchev–Trinajstić information content (AvgIpc) is 2.57. The van der Waals surface area contributed by atoms with Gasteiger partial charge in [0.2, 0.25) is 11.8 Å². The van der Waals surface area contributed by atoms with Crippen LogP contribution in [0.1, 0.15) is 12.8 Å². The topological polar surface area (TPSA) is 43.9 Å². The number of nitrogens with zero attached hydrogens (tertiary/aromatic N) is 3. The van der Waals surface area contributed by atoms with Gasteiger partial charge in [0.25, 0.3) is 0 Å². The summed E-state index contributed by atoms with van der Waals surface area (Å²) < 4.78 is 0. The number of halogens is 1. The van der Waals surface area contributed by atoms with E-state index in [4.69, 9.17) is 11.6 Å². The number of carbonyl (C=O) groups excluding carboxylic acids is 2. The number of piperazine rings is 1. The molecular formula is C17H22ClN3O2. The number of hydrogen-bond donors (Lipinski definition) is 0. The van der Waals surface area contributed by atoms with Gasteiger partial charge in [-0.2, -0.15) is 0 Å². The van der Waals surface area contributed by atoms with Crippen molar-refractivity contribution >= 4 is 29.1 Å². The lowest BCUT2D eigenvalue weighted by molar-refractivity contribution is -0.144. The molecule has 1 aromatic carbocycles. The zero-order chi connectivity index (χ0) is 16.4. The largest absolute Gasteiger partial charge is 0.368 e. The molecule has 1 atom stereocenters. The second-order valence-electron chi connectivity index (χ2n) is 6.29. The van der Waals surface area contributed by atoms with Gasteiger partial charge in [-0.05, 0) is 30.7 Å². The Balaban J connectivity index is 1.55. The van der Waals surface area contributed by atoms with Gasteiger partial charge in [-0.25, -0.2) is 0 Å². The zero-order valence-corrected chi connectivity index (χ0v) is 14.1. The SMILES string of the molecule is CN1CC[C@H](C(=O)N2CCN(c3ccc(Cl)cc3)CC2)CC1=O. The molecule has 23 heavy (non-hydrogen) atoms.